The molecular weight excluding hydrogens is 308 g/mol. The minimum Gasteiger partial charge on any atom is -0.409 e. The number of sulfone groups is 1. The third kappa shape index (κ3) is 3.99. The molecule has 21 heavy (non-hydrogen) atoms. The van der Waals surface area contributed by atoms with E-state index in [0.29, 0.717) is 10.5 Å². The monoisotopic (exact) mass is 322 g/mol. The van der Waals surface area contributed by atoms with E-state index in [-0.39, 0.29) is 5.84 Å². The van der Waals surface area contributed by atoms with Crippen LogP contribution in [0.25, 0.3) is 0 Å². The summed E-state index contributed by atoms with van der Waals surface area (Å²) >= 11 is 1.50. The van der Waals surface area contributed by atoms with Gasteiger partial charge in [0.15, 0.2) is 15.7 Å². The maximum atomic E-state index is 11.4. The van der Waals surface area contributed by atoms with Crippen LogP contribution in [0, 0.1) is 0 Å². The molecule has 0 spiro atoms. The number of hydrogen-bond acceptors (Lipinski definition) is 5. The van der Waals surface area contributed by atoms with E-state index in [0.717, 1.165) is 9.79 Å². The molecule has 0 bridgehead atoms. The summed E-state index contributed by atoms with van der Waals surface area (Å²) in [5, 5.41) is 11.5. The molecule has 0 aliphatic rings. The number of oxime groups is 1. The molecule has 0 saturated carbocycles. The topological polar surface area (TPSA) is 92.8 Å². The third-order valence-corrected chi connectivity index (χ3v) is 4.89. The molecule has 2 aromatic carbocycles. The highest BCUT2D eigenvalue weighted by Gasteiger charge is 2.07. The molecule has 3 N–H and O–H groups in total. The second-order valence-corrected chi connectivity index (χ2v) is 7.52. The van der Waals surface area contributed by atoms with Crippen molar-refractivity contribution in [1.29, 1.82) is 0 Å². The number of benzene rings is 2. The highest BCUT2D eigenvalue weighted by atomic mass is 32.2. The molecule has 2 aromatic rings. The van der Waals surface area contributed by atoms with Gasteiger partial charge in [0.25, 0.3) is 0 Å². The molecule has 0 fully saturated rings. The molecule has 0 heterocycles. The van der Waals surface area contributed by atoms with E-state index >= 15 is 0 Å². The van der Waals surface area contributed by atoms with Crippen molar-refractivity contribution in [3.63, 3.8) is 0 Å². The number of nitrogens with two attached hydrogens (primary N) is 1. The Kier molecular flexibility index (Phi) is 4.54. The van der Waals surface area contributed by atoms with E-state index in [1.54, 1.807) is 36.4 Å². The maximum absolute atomic E-state index is 11.4. The fourth-order valence-corrected chi connectivity index (χ4v) is 3.09. The average Bonchev–Trinajstić information content (AvgIpc) is 2.47. The highest BCUT2D eigenvalue weighted by molar-refractivity contribution is 7.99. The normalized spacial score (nSPS) is 12.3. The molecule has 0 aliphatic carbocycles. The van der Waals surface area contributed by atoms with E-state index in [1.165, 1.54) is 18.0 Å². The maximum Gasteiger partial charge on any atom is 0.175 e. The van der Waals surface area contributed by atoms with Crippen molar-refractivity contribution < 1.29 is 13.6 Å². The van der Waals surface area contributed by atoms with Crippen LogP contribution in [0.4, 0.5) is 0 Å². The van der Waals surface area contributed by atoms with Gasteiger partial charge in [0.05, 0.1) is 4.90 Å². The fourth-order valence-electron chi connectivity index (χ4n) is 1.64. The van der Waals surface area contributed by atoms with Crippen LogP contribution in [0.15, 0.2) is 68.4 Å². The quantitative estimate of drug-likeness (QED) is 0.390. The molecule has 0 aromatic heterocycles. The molecule has 5 nitrogen and oxygen atoms in total. The average molecular weight is 322 g/mol. The van der Waals surface area contributed by atoms with Crippen LogP contribution in [-0.2, 0) is 9.84 Å². The lowest BCUT2D eigenvalue weighted by Crippen LogP contribution is -2.12. The van der Waals surface area contributed by atoms with E-state index < -0.39 is 9.84 Å². The van der Waals surface area contributed by atoms with Gasteiger partial charge in [0.2, 0.25) is 0 Å². The zero-order valence-corrected chi connectivity index (χ0v) is 12.9. The van der Waals surface area contributed by atoms with Crippen LogP contribution in [0.5, 0.6) is 0 Å². The minimum atomic E-state index is -3.17. The number of hydrogen-bond donors (Lipinski definition) is 2. The van der Waals surface area contributed by atoms with Crippen molar-refractivity contribution in [2.75, 3.05) is 6.26 Å². The first-order chi connectivity index (χ1) is 9.90. The summed E-state index contributed by atoms with van der Waals surface area (Å²) in [5.41, 5.74) is 6.12. The van der Waals surface area contributed by atoms with Crippen LogP contribution in [0.3, 0.4) is 0 Å². The van der Waals surface area contributed by atoms with Crippen molar-refractivity contribution in [1.82, 2.24) is 0 Å². The standard InChI is InChI=1S/C14H14N2O3S2/c1-21(18,19)13-8-6-12(7-9-13)20-11-4-2-10(3-5-11)14(15)16-17/h2-9,17H,1H3,(H2,15,16). The van der Waals surface area contributed by atoms with Gasteiger partial charge in [-0.25, -0.2) is 8.42 Å². The van der Waals surface area contributed by atoms with Crippen molar-refractivity contribution in [3.05, 3.63) is 54.1 Å². The summed E-state index contributed by atoms with van der Waals surface area (Å²) in [4.78, 5) is 2.20. The molecule has 2 rings (SSSR count). The summed E-state index contributed by atoms with van der Waals surface area (Å²) in [6.45, 7) is 0. The molecule has 0 atom stereocenters. The number of rotatable bonds is 4. The Morgan fingerprint density at radius 2 is 1.52 bits per heavy atom. The Bertz CT molecular complexity index is 752. The van der Waals surface area contributed by atoms with Gasteiger partial charge >= 0.3 is 0 Å². The lowest BCUT2D eigenvalue weighted by molar-refractivity contribution is 0.318. The zero-order valence-electron chi connectivity index (χ0n) is 11.2. The fraction of sp³-hybridized carbons (Fsp3) is 0.0714. The summed E-state index contributed by atoms with van der Waals surface area (Å²) in [6, 6.07) is 13.9. The van der Waals surface area contributed by atoms with E-state index in [2.05, 4.69) is 5.16 Å². The second-order valence-electron chi connectivity index (χ2n) is 4.36. The molecule has 0 radical (unpaired) electrons. The van der Waals surface area contributed by atoms with E-state index in [4.69, 9.17) is 10.9 Å². The van der Waals surface area contributed by atoms with Crippen LogP contribution >= 0.6 is 11.8 Å². The lowest BCUT2D eigenvalue weighted by Gasteiger charge is -2.04. The highest BCUT2D eigenvalue weighted by Crippen LogP contribution is 2.28. The Balaban J connectivity index is 2.15. The molecule has 0 aliphatic heterocycles. The Labute approximate surface area is 127 Å². The summed E-state index contributed by atoms with van der Waals surface area (Å²) in [6.07, 6.45) is 1.18. The summed E-state index contributed by atoms with van der Waals surface area (Å²) in [5.74, 6) is 0.0593. The summed E-state index contributed by atoms with van der Waals surface area (Å²) < 4.78 is 22.8. The van der Waals surface area contributed by atoms with Crippen molar-refractivity contribution in [2.24, 2.45) is 10.9 Å². The van der Waals surface area contributed by atoms with Crippen molar-refractivity contribution in [3.8, 4) is 0 Å². The van der Waals surface area contributed by atoms with E-state index in [1.807, 2.05) is 12.1 Å². The molecule has 7 heteroatoms. The SMILES string of the molecule is CS(=O)(=O)c1ccc(Sc2ccc(C(N)=NO)cc2)cc1. The van der Waals surface area contributed by atoms with Gasteiger partial charge in [-0.15, -0.1) is 0 Å². The van der Waals surface area contributed by atoms with E-state index in [9.17, 15) is 8.42 Å². The van der Waals surface area contributed by atoms with Gasteiger partial charge in [0, 0.05) is 21.6 Å². The minimum absolute atomic E-state index is 0.0593. The molecule has 0 unspecified atom stereocenters. The summed E-state index contributed by atoms with van der Waals surface area (Å²) in [7, 11) is -3.17. The lowest BCUT2D eigenvalue weighted by atomic mass is 10.2. The number of amidine groups is 1. The Morgan fingerprint density at radius 3 is 1.95 bits per heavy atom. The van der Waals surface area contributed by atoms with Gasteiger partial charge in [0.1, 0.15) is 0 Å². The van der Waals surface area contributed by atoms with Crippen molar-refractivity contribution >= 4 is 27.4 Å². The first kappa shape index (κ1) is 15.4. The largest absolute Gasteiger partial charge is 0.409 e. The Morgan fingerprint density at radius 1 is 1.05 bits per heavy atom. The van der Waals surface area contributed by atoms with Gasteiger partial charge in [-0.2, -0.15) is 0 Å². The second kappa shape index (κ2) is 6.19. The molecule has 0 saturated heterocycles. The predicted molar refractivity (Wildman–Crippen MR) is 82.6 cm³/mol. The van der Waals surface area contributed by atoms with Crippen LogP contribution in [0.1, 0.15) is 5.56 Å². The van der Waals surface area contributed by atoms with Crippen LogP contribution < -0.4 is 5.73 Å². The van der Waals surface area contributed by atoms with Gasteiger partial charge in [-0.3, -0.25) is 0 Å². The van der Waals surface area contributed by atoms with Crippen molar-refractivity contribution in [2.45, 2.75) is 14.7 Å². The zero-order chi connectivity index (χ0) is 15.5. The number of nitrogens with zero attached hydrogens (tertiary/aromatic N) is 1. The van der Waals surface area contributed by atoms with Gasteiger partial charge < -0.3 is 10.9 Å². The van der Waals surface area contributed by atoms with Crippen LogP contribution in [0.2, 0.25) is 0 Å². The Hall–Kier alpha value is -1.99. The first-order valence-corrected chi connectivity index (χ1v) is 8.67. The van der Waals surface area contributed by atoms with Crippen LogP contribution in [-0.4, -0.2) is 25.7 Å². The van der Waals surface area contributed by atoms with Gasteiger partial charge in [-0.1, -0.05) is 29.1 Å². The molecular formula is C14H14N2O3S2. The smallest absolute Gasteiger partial charge is 0.175 e. The molecule has 0 amide bonds. The molecule has 110 valence electrons. The predicted octanol–water partition coefficient (Wildman–Crippen LogP) is 2.34. The third-order valence-electron chi connectivity index (χ3n) is 2.75. The van der Waals surface area contributed by atoms with Gasteiger partial charge in [-0.05, 0) is 36.4 Å². The first-order valence-electron chi connectivity index (χ1n) is 5.96.